The second-order valence-corrected chi connectivity index (χ2v) is 7.41. The van der Waals surface area contributed by atoms with E-state index in [1.165, 1.54) is 12.1 Å². The van der Waals surface area contributed by atoms with Gasteiger partial charge in [0.25, 0.3) is 0 Å². The Morgan fingerprint density at radius 3 is 2.77 bits per heavy atom. The van der Waals surface area contributed by atoms with Crippen LogP contribution in [0.5, 0.6) is 0 Å². The molecule has 0 bridgehead atoms. The van der Waals surface area contributed by atoms with Crippen LogP contribution in [0.3, 0.4) is 0 Å². The molecule has 1 N–H and O–H groups in total. The summed E-state index contributed by atoms with van der Waals surface area (Å²) in [4.78, 5) is 21.1. The lowest BCUT2D eigenvalue weighted by Gasteiger charge is -2.24. The number of para-hydroxylation sites is 1. The number of aryl methyl sites for hydroxylation is 1. The van der Waals surface area contributed by atoms with E-state index < -0.39 is 5.82 Å². The fraction of sp³-hybridized carbons (Fsp3) is 0.261. The highest BCUT2D eigenvalue weighted by atomic mass is 19.1. The van der Waals surface area contributed by atoms with Crippen LogP contribution in [0, 0.1) is 24.1 Å². The second kappa shape index (κ2) is 8.37. The molecule has 2 heterocycles. The molecule has 3 aromatic rings. The summed E-state index contributed by atoms with van der Waals surface area (Å²) in [5, 5.41) is 13.2. The Balaban J connectivity index is 1.52. The highest BCUT2D eigenvalue weighted by Crippen LogP contribution is 2.25. The second-order valence-electron chi connectivity index (χ2n) is 7.41. The van der Waals surface area contributed by atoms with Crippen molar-refractivity contribution in [3.8, 4) is 6.07 Å². The normalized spacial score (nSPS) is 14.3. The van der Waals surface area contributed by atoms with Gasteiger partial charge in [-0.15, -0.1) is 0 Å². The van der Waals surface area contributed by atoms with Gasteiger partial charge in [0.2, 0.25) is 0 Å². The summed E-state index contributed by atoms with van der Waals surface area (Å²) in [7, 11) is 0. The molecule has 1 fully saturated rings. The summed E-state index contributed by atoms with van der Waals surface area (Å²) in [6, 6.07) is 15.9. The third-order valence-corrected chi connectivity index (χ3v) is 5.27. The van der Waals surface area contributed by atoms with Crippen LogP contribution >= 0.6 is 0 Å². The van der Waals surface area contributed by atoms with Crippen LogP contribution in [-0.2, 0) is 0 Å². The molecule has 0 aliphatic carbocycles. The van der Waals surface area contributed by atoms with Gasteiger partial charge in [-0.1, -0.05) is 24.3 Å². The molecular weight excluding hydrogens is 381 g/mol. The molecule has 1 aliphatic rings. The molecule has 152 valence electrons. The minimum absolute atomic E-state index is 0.168. The molecule has 0 atom stereocenters. The van der Waals surface area contributed by atoms with Gasteiger partial charge >= 0.3 is 6.03 Å². The van der Waals surface area contributed by atoms with Crippen molar-refractivity contribution in [2.75, 3.05) is 36.4 Å². The zero-order chi connectivity index (χ0) is 21.1. The highest BCUT2D eigenvalue weighted by Gasteiger charge is 2.22. The van der Waals surface area contributed by atoms with Gasteiger partial charge in [-0.2, -0.15) is 5.26 Å². The Labute approximate surface area is 174 Å². The number of carbonyl (C=O) groups is 1. The number of nitrogens with one attached hydrogen (secondary N) is 1. The van der Waals surface area contributed by atoms with E-state index in [9.17, 15) is 14.4 Å². The van der Waals surface area contributed by atoms with E-state index in [1.54, 1.807) is 17.0 Å². The zero-order valence-corrected chi connectivity index (χ0v) is 16.7. The van der Waals surface area contributed by atoms with Crippen LogP contribution < -0.4 is 10.2 Å². The van der Waals surface area contributed by atoms with E-state index >= 15 is 0 Å². The first kappa shape index (κ1) is 19.6. The number of fused-ring (bicyclic) bond motifs is 1. The molecule has 2 aromatic carbocycles. The molecule has 0 saturated carbocycles. The van der Waals surface area contributed by atoms with Crippen LogP contribution in [0.2, 0.25) is 0 Å². The Morgan fingerprint density at radius 2 is 1.97 bits per heavy atom. The summed E-state index contributed by atoms with van der Waals surface area (Å²) in [6.07, 6.45) is 0.725. The first-order valence-electron chi connectivity index (χ1n) is 9.92. The van der Waals surface area contributed by atoms with E-state index in [4.69, 9.17) is 4.98 Å². The Kier molecular flexibility index (Phi) is 5.48. The number of carbonyl (C=O) groups excluding carboxylic acids is 1. The number of aromatic nitrogens is 1. The lowest BCUT2D eigenvalue weighted by atomic mass is 10.1. The number of nitriles is 1. The van der Waals surface area contributed by atoms with E-state index in [-0.39, 0.29) is 11.7 Å². The van der Waals surface area contributed by atoms with Gasteiger partial charge in [0.05, 0.1) is 16.8 Å². The van der Waals surface area contributed by atoms with Crippen molar-refractivity contribution in [2.24, 2.45) is 0 Å². The number of hydrogen-bond acceptors (Lipinski definition) is 4. The van der Waals surface area contributed by atoms with Gasteiger partial charge < -0.3 is 15.1 Å². The number of nitrogens with zero attached hydrogens (tertiary/aromatic N) is 4. The number of rotatable bonds is 2. The Morgan fingerprint density at radius 1 is 1.13 bits per heavy atom. The third-order valence-electron chi connectivity index (χ3n) is 5.27. The Hall–Kier alpha value is -3.66. The topological polar surface area (TPSA) is 72.3 Å². The molecule has 0 spiro atoms. The number of hydrogen-bond donors (Lipinski definition) is 1. The van der Waals surface area contributed by atoms with Crippen molar-refractivity contribution in [3.05, 3.63) is 65.5 Å². The fourth-order valence-electron chi connectivity index (χ4n) is 3.68. The summed E-state index contributed by atoms with van der Waals surface area (Å²) in [5.41, 5.74) is 2.65. The molecule has 2 amide bonds. The van der Waals surface area contributed by atoms with Crippen LogP contribution in [0.4, 0.5) is 20.7 Å². The summed E-state index contributed by atoms with van der Waals surface area (Å²) in [5.74, 6) is 0.184. The fourth-order valence-corrected chi connectivity index (χ4v) is 3.68. The van der Waals surface area contributed by atoms with Crippen molar-refractivity contribution in [3.63, 3.8) is 0 Å². The molecular formula is C23H22FN5O. The zero-order valence-electron chi connectivity index (χ0n) is 16.7. The number of pyridine rings is 1. The average Bonchev–Trinajstić information content (AvgIpc) is 3.00. The SMILES string of the molecule is Cc1ccc2cc(C#N)c(N3CCCN(C(=O)Nc4ccccc4F)CC3)nc2c1. The molecule has 30 heavy (non-hydrogen) atoms. The van der Waals surface area contributed by atoms with Gasteiger partial charge in [-0.05, 0) is 43.2 Å². The minimum Gasteiger partial charge on any atom is -0.354 e. The number of halogens is 1. The van der Waals surface area contributed by atoms with E-state index in [2.05, 4.69) is 16.3 Å². The maximum Gasteiger partial charge on any atom is 0.321 e. The lowest BCUT2D eigenvalue weighted by molar-refractivity contribution is 0.215. The van der Waals surface area contributed by atoms with Gasteiger partial charge in [0.1, 0.15) is 17.7 Å². The van der Waals surface area contributed by atoms with Gasteiger partial charge in [0, 0.05) is 31.6 Å². The van der Waals surface area contributed by atoms with Gasteiger partial charge in [0.15, 0.2) is 0 Å². The lowest BCUT2D eigenvalue weighted by Crippen LogP contribution is -2.38. The van der Waals surface area contributed by atoms with Crippen LogP contribution in [-0.4, -0.2) is 42.1 Å². The molecule has 0 unspecified atom stereocenters. The largest absolute Gasteiger partial charge is 0.354 e. The van der Waals surface area contributed by atoms with Crippen molar-refractivity contribution in [1.29, 1.82) is 5.26 Å². The maximum absolute atomic E-state index is 13.8. The predicted octanol–water partition coefficient (Wildman–Crippen LogP) is 4.30. The number of amides is 2. The van der Waals surface area contributed by atoms with E-state index in [0.29, 0.717) is 37.6 Å². The molecule has 6 nitrogen and oxygen atoms in total. The summed E-state index contributed by atoms with van der Waals surface area (Å²) in [6.45, 7) is 4.24. The van der Waals surface area contributed by atoms with E-state index in [0.717, 1.165) is 22.9 Å². The van der Waals surface area contributed by atoms with Crippen LogP contribution in [0.15, 0.2) is 48.5 Å². The first-order valence-corrected chi connectivity index (χ1v) is 9.92. The van der Waals surface area contributed by atoms with Crippen LogP contribution in [0.1, 0.15) is 17.5 Å². The Bertz CT molecular complexity index is 1140. The number of benzene rings is 2. The third kappa shape index (κ3) is 4.03. The number of anilines is 2. The molecule has 7 heteroatoms. The summed E-state index contributed by atoms with van der Waals surface area (Å²) >= 11 is 0. The molecule has 4 rings (SSSR count). The van der Waals surface area contributed by atoms with Gasteiger partial charge in [-0.25, -0.2) is 14.2 Å². The summed E-state index contributed by atoms with van der Waals surface area (Å²) < 4.78 is 13.8. The van der Waals surface area contributed by atoms with Crippen molar-refractivity contribution in [1.82, 2.24) is 9.88 Å². The smallest absolute Gasteiger partial charge is 0.321 e. The quantitative estimate of drug-likeness (QED) is 0.693. The predicted molar refractivity (Wildman–Crippen MR) is 115 cm³/mol. The standard InChI is InChI=1S/C23H22FN5O/c1-16-7-8-17-14-18(15-25)22(26-21(17)13-16)28-9-4-10-29(12-11-28)23(30)27-20-6-3-2-5-19(20)24/h2-3,5-8,13-14H,4,9-12H2,1H3,(H,27,30). The van der Waals surface area contributed by atoms with Crippen molar-refractivity contribution < 1.29 is 9.18 Å². The maximum atomic E-state index is 13.8. The molecule has 1 aliphatic heterocycles. The van der Waals surface area contributed by atoms with Crippen molar-refractivity contribution in [2.45, 2.75) is 13.3 Å². The van der Waals surface area contributed by atoms with Gasteiger partial charge in [-0.3, -0.25) is 0 Å². The molecule has 1 saturated heterocycles. The molecule has 0 radical (unpaired) electrons. The monoisotopic (exact) mass is 403 g/mol. The first-order chi connectivity index (χ1) is 14.5. The number of urea groups is 1. The minimum atomic E-state index is -0.461. The average molecular weight is 403 g/mol. The van der Waals surface area contributed by atoms with Crippen molar-refractivity contribution >= 4 is 28.4 Å². The van der Waals surface area contributed by atoms with E-state index in [1.807, 2.05) is 31.2 Å². The molecule has 1 aromatic heterocycles. The highest BCUT2D eigenvalue weighted by molar-refractivity contribution is 5.89. The van der Waals surface area contributed by atoms with Crippen LogP contribution in [0.25, 0.3) is 10.9 Å².